The third-order valence-corrected chi connectivity index (χ3v) is 3.54. The van der Waals surface area contributed by atoms with Crippen molar-refractivity contribution in [1.29, 1.82) is 0 Å². The number of hydrogen-bond donors (Lipinski definition) is 1. The number of H-pyrrole nitrogens is 1. The molecular weight excluding hydrogens is 304 g/mol. The van der Waals surface area contributed by atoms with Crippen LogP contribution in [0, 0.1) is 0 Å². The fourth-order valence-electron chi connectivity index (χ4n) is 1.59. The molecule has 17 heavy (non-hydrogen) atoms. The number of aromatic nitrogens is 2. The minimum absolute atomic E-state index is 0.0870. The second kappa shape index (κ2) is 4.70. The van der Waals surface area contributed by atoms with Crippen molar-refractivity contribution in [2.75, 3.05) is 0 Å². The second-order valence-corrected chi connectivity index (χ2v) is 5.34. The molecule has 0 saturated carbocycles. The molecule has 1 N–H and O–H groups in total. The van der Waals surface area contributed by atoms with Crippen LogP contribution in [0.25, 0.3) is 5.69 Å². The lowest BCUT2D eigenvalue weighted by molar-refractivity contribution is 0.759. The van der Waals surface area contributed by atoms with Gasteiger partial charge in [0.25, 0.3) is 5.56 Å². The summed E-state index contributed by atoms with van der Waals surface area (Å²) in [7, 11) is 0. The number of rotatable bonds is 2. The van der Waals surface area contributed by atoms with Gasteiger partial charge >= 0.3 is 0 Å². The molecule has 5 heteroatoms. The van der Waals surface area contributed by atoms with Gasteiger partial charge in [0.2, 0.25) is 0 Å². The average molecular weight is 316 g/mol. The zero-order chi connectivity index (χ0) is 12.6. The van der Waals surface area contributed by atoms with Crippen LogP contribution in [-0.4, -0.2) is 9.78 Å². The van der Waals surface area contributed by atoms with Crippen LogP contribution in [0.5, 0.6) is 0 Å². The molecule has 0 aliphatic rings. The van der Waals surface area contributed by atoms with E-state index in [9.17, 15) is 4.79 Å². The molecule has 3 nitrogen and oxygen atoms in total. The average Bonchev–Trinajstić information content (AvgIpc) is 2.58. The highest BCUT2D eigenvalue weighted by atomic mass is 79.9. The summed E-state index contributed by atoms with van der Waals surface area (Å²) >= 11 is 9.14. The molecule has 0 saturated heterocycles. The number of hydrogen-bond acceptors (Lipinski definition) is 1. The molecule has 0 radical (unpaired) electrons. The van der Waals surface area contributed by atoms with Crippen LogP contribution >= 0.6 is 27.5 Å². The molecule has 0 spiro atoms. The lowest BCUT2D eigenvalue weighted by Crippen LogP contribution is -2.14. The summed E-state index contributed by atoms with van der Waals surface area (Å²) in [5.41, 5.74) is 1.58. The molecule has 0 unspecified atom stereocenters. The van der Waals surface area contributed by atoms with Gasteiger partial charge in [-0.1, -0.05) is 25.4 Å². The van der Waals surface area contributed by atoms with Crippen LogP contribution in [0.2, 0.25) is 5.02 Å². The van der Waals surface area contributed by atoms with Gasteiger partial charge < -0.3 is 0 Å². The molecule has 1 aromatic heterocycles. The molecule has 1 heterocycles. The molecule has 1 aromatic carbocycles. The first kappa shape index (κ1) is 12.5. The van der Waals surface area contributed by atoms with E-state index in [0.29, 0.717) is 9.50 Å². The number of nitrogens with zero attached hydrogens (tertiary/aromatic N) is 1. The van der Waals surface area contributed by atoms with Crippen molar-refractivity contribution in [3.05, 3.63) is 49.8 Å². The SMILES string of the molecule is CC(C)c1[nH]n(-c2ccc(Cl)cc2)c(=O)c1Br. The molecule has 0 aliphatic heterocycles. The number of nitrogens with one attached hydrogen (secondary N) is 1. The van der Waals surface area contributed by atoms with Gasteiger partial charge in [-0.25, -0.2) is 4.68 Å². The van der Waals surface area contributed by atoms with Crippen LogP contribution in [0.4, 0.5) is 0 Å². The molecular formula is C12H12BrClN2O. The zero-order valence-electron chi connectivity index (χ0n) is 9.50. The number of aromatic amines is 1. The Balaban J connectivity index is 2.57. The number of halogens is 2. The lowest BCUT2D eigenvalue weighted by Gasteiger charge is -2.03. The van der Waals surface area contributed by atoms with E-state index in [1.807, 2.05) is 13.8 Å². The summed E-state index contributed by atoms with van der Waals surface area (Å²) in [6.07, 6.45) is 0. The van der Waals surface area contributed by atoms with E-state index in [4.69, 9.17) is 11.6 Å². The Hall–Kier alpha value is -1.00. The van der Waals surface area contributed by atoms with Gasteiger partial charge in [-0.2, -0.15) is 0 Å². The highest BCUT2D eigenvalue weighted by molar-refractivity contribution is 9.10. The normalized spacial score (nSPS) is 11.1. The first-order valence-corrected chi connectivity index (χ1v) is 6.44. The summed E-state index contributed by atoms with van der Waals surface area (Å²) in [5.74, 6) is 0.255. The molecule has 90 valence electrons. The van der Waals surface area contributed by atoms with E-state index in [1.54, 1.807) is 24.3 Å². The molecule has 2 rings (SSSR count). The standard InChI is InChI=1S/C12H12BrClN2O/c1-7(2)11-10(13)12(17)16(15-11)9-5-3-8(14)4-6-9/h3-7,15H,1-2H3. The molecule has 2 aromatic rings. The minimum Gasteiger partial charge on any atom is -0.294 e. The highest BCUT2D eigenvalue weighted by Crippen LogP contribution is 2.21. The van der Waals surface area contributed by atoms with E-state index in [-0.39, 0.29) is 11.5 Å². The van der Waals surface area contributed by atoms with Crippen molar-refractivity contribution < 1.29 is 0 Å². The van der Waals surface area contributed by atoms with E-state index in [0.717, 1.165) is 11.4 Å². The van der Waals surface area contributed by atoms with Gasteiger partial charge in [0.05, 0.1) is 11.4 Å². The van der Waals surface area contributed by atoms with Crippen LogP contribution < -0.4 is 5.56 Å². The topological polar surface area (TPSA) is 37.8 Å². The summed E-state index contributed by atoms with van der Waals surface area (Å²) in [5, 5.41) is 3.75. The Kier molecular flexibility index (Phi) is 3.45. The maximum atomic E-state index is 12.0. The molecule has 0 bridgehead atoms. The third kappa shape index (κ3) is 2.33. The van der Waals surface area contributed by atoms with Gasteiger partial charge in [0, 0.05) is 5.02 Å². The van der Waals surface area contributed by atoms with E-state index >= 15 is 0 Å². The van der Waals surface area contributed by atoms with Crippen LogP contribution in [0.3, 0.4) is 0 Å². The van der Waals surface area contributed by atoms with Gasteiger partial charge in [-0.05, 0) is 46.1 Å². The Morgan fingerprint density at radius 1 is 1.29 bits per heavy atom. The Morgan fingerprint density at radius 2 is 1.88 bits per heavy atom. The maximum absolute atomic E-state index is 12.0. The second-order valence-electron chi connectivity index (χ2n) is 4.11. The maximum Gasteiger partial charge on any atom is 0.285 e. The van der Waals surface area contributed by atoms with Crippen LogP contribution in [-0.2, 0) is 0 Å². The van der Waals surface area contributed by atoms with Crippen molar-refractivity contribution in [3.63, 3.8) is 0 Å². The summed E-state index contributed by atoms with van der Waals surface area (Å²) in [4.78, 5) is 12.0. The first-order chi connectivity index (χ1) is 8.00. The van der Waals surface area contributed by atoms with Gasteiger partial charge in [-0.15, -0.1) is 0 Å². The fourth-order valence-corrected chi connectivity index (χ4v) is 2.44. The van der Waals surface area contributed by atoms with Crippen molar-refractivity contribution >= 4 is 27.5 Å². The van der Waals surface area contributed by atoms with Gasteiger partial charge in [-0.3, -0.25) is 9.89 Å². The summed E-state index contributed by atoms with van der Waals surface area (Å²) < 4.78 is 2.10. The van der Waals surface area contributed by atoms with E-state index in [1.165, 1.54) is 4.68 Å². The fraction of sp³-hybridized carbons (Fsp3) is 0.250. The molecule has 0 atom stereocenters. The smallest absolute Gasteiger partial charge is 0.285 e. The van der Waals surface area contributed by atoms with Crippen molar-refractivity contribution in [3.8, 4) is 5.69 Å². The zero-order valence-corrected chi connectivity index (χ0v) is 11.8. The quantitative estimate of drug-likeness (QED) is 0.901. The largest absolute Gasteiger partial charge is 0.294 e. The Morgan fingerprint density at radius 3 is 2.35 bits per heavy atom. The predicted octanol–water partition coefficient (Wildman–Crippen LogP) is 3.70. The van der Waals surface area contributed by atoms with Crippen molar-refractivity contribution in [2.24, 2.45) is 0 Å². The van der Waals surface area contributed by atoms with Gasteiger partial charge in [0.1, 0.15) is 4.47 Å². The molecule has 0 amide bonds. The lowest BCUT2D eigenvalue weighted by atomic mass is 10.1. The van der Waals surface area contributed by atoms with E-state index in [2.05, 4.69) is 21.0 Å². The molecule has 0 aliphatic carbocycles. The van der Waals surface area contributed by atoms with Crippen LogP contribution in [0.15, 0.2) is 33.5 Å². The minimum atomic E-state index is -0.0870. The van der Waals surface area contributed by atoms with Gasteiger partial charge in [0.15, 0.2) is 0 Å². The Labute approximate surface area is 113 Å². The highest BCUT2D eigenvalue weighted by Gasteiger charge is 2.14. The third-order valence-electron chi connectivity index (χ3n) is 2.52. The van der Waals surface area contributed by atoms with E-state index < -0.39 is 0 Å². The molecule has 0 fully saturated rings. The number of benzene rings is 1. The Bertz CT molecular complexity index is 584. The van der Waals surface area contributed by atoms with Crippen LogP contribution in [0.1, 0.15) is 25.5 Å². The first-order valence-electron chi connectivity index (χ1n) is 5.27. The monoisotopic (exact) mass is 314 g/mol. The predicted molar refractivity (Wildman–Crippen MR) is 73.2 cm³/mol. The summed E-state index contributed by atoms with van der Waals surface area (Å²) in [6.45, 7) is 4.06. The van der Waals surface area contributed by atoms with Crippen molar-refractivity contribution in [1.82, 2.24) is 9.78 Å². The summed E-state index contributed by atoms with van der Waals surface area (Å²) in [6, 6.07) is 7.12. The van der Waals surface area contributed by atoms with Crippen molar-refractivity contribution in [2.45, 2.75) is 19.8 Å².